The van der Waals surface area contributed by atoms with Gasteiger partial charge in [0.15, 0.2) is 0 Å². The zero-order valence-corrected chi connectivity index (χ0v) is 15.3. The Kier molecular flexibility index (Phi) is 4.46. The van der Waals surface area contributed by atoms with Crippen LogP contribution in [-0.2, 0) is 5.41 Å². The Bertz CT molecular complexity index is 1100. The Balaban J connectivity index is 2.47. The second-order valence-corrected chi connectivity index (χ2v) is 7.25. The minimum Gasteiger partial charge on any atom is -0.508 e. The number of aromatic nitrogens is 2. The molecule has 2 heterocycles. The molecule has 0 aliphatic carbocycles. The fraction of sp³-hybridized carbons (Fsp3) is 0.190. The van der Waals surface area contributed by atoms with Crippen LogP contribution in [-0.4, -0.2) is 25.9 Å². The van der Waals surface area contributed by atoms with Gasteiger partial charge in [-0.3, -0.25) is 4.98 Å². The van der Waals surface area contributed by atoms with Gasteiger partial charge in [-0.25, -0.2) is 9.36 Å². The summed E-state index contributed by atoms with van der Waals surface area (Å²) in [6, 6.07) is 10.3. The summed E-state index contributed by atoms with van der Waals surface area (Å²) in [6.45, 7) is 5.68. The number of pyridine rings is 1. The SMILES string of the molecule is CC(C)(C)c1c(C(C#N)=Cc2cccnc2)c2cc(O)ccc2n1C(=O)O. The first-order valence-corrected chi connectivity index (χ1v) is 8.37. The summed E-state index contributed by atoms with van der Waals surface area (Å²) in [4.78, 5) is 16.1. The number of carbonyl (C=O) groups is 1. The summed E-state index contributed by atoms with van der Waals surface area (Å²) in [6.07, 6.45) is 3.80. The average Bonchev–Trinajstić information content (AvgIpc) is 2.95. The molecule has 0 unspecified atom stereocenters. The molecule has 0 amide bonds. The minimum absolute atomic E-state index is 0.00501. The smallest absolute Gasteiger partial charge is 0.416 e. The molecule has 27 heavy (non-hydrogen) atoms. The third-order valence-corrected chi connectivity index (χ3v) is 4.24. The summed E-state index contributed by atoms with van der Waals surface area (Å²) in [5.41, 5.74) is 1.89. The Labute approximate surface area is 156 Å². The van der Waals surface area contributed by atoms with Crippen LogP contribution in [0, 0.1) is 11.3 Å². The number of phenols is 1. The number of hydrogen-bond donors (Lipinski definition) is 2. The van der Waals surface area contributed by atoms with Gasteiger partial charge in [0.1, 0.15) is 5.75 Å². The van der Waals surface area contributed by atoms with Crippen LogP contribution >= 0.6 is 0 Å². The molecule has 6 heteroatoms. The standard InChI is InChI=1S/C21H19N3O3/c1-21(2,3)19-18(14(11-22)9-13-5-4-8-23-12-13)16-10-15(25)6-7-17(16)24(19)20(26)27/h4-10,12,25H,1-3H3,(H,26,27). The van der Waals surface area contributed by atoms with Gasteiger partial charge in [-0.1, -0.05) is 26.8 Å². The maximum absolute atomic E-state index is 12.0. The monoisotopic (exact) mass is 361 g/mol. The molecule has 2 aromatic heterocycles. The van der Waals surface area contributed by atoms with E-state index >= 15 is 0 Å². The molecule has 0 atom stereocenters. The van der Waals surface area contributed by atoms with E-state index in [0.29, 0.717) is 27.7 Å². The molecular weight excluding hydrogens is 342 g/mol. The quantitative estimate of drug-likeness (QED) is 0.648. The summed E-state index contributed by atoms with van der Waals surface area (Å²) < 4.78 is 1.19. The lowest BCUT2D eigenvalue weighted by Gasteiger charge is -2.22. The van der Waals surface area contributed by atoms with Gasteiger partial charge in [0.2, 0.25) is 0 Å². The van der Waals surface area contributed by atoms with E-state index in [1.165, 1.54) is 16.7 Å². The summed E-state index contributed by atoms with van der Waals surface area (Å²) >= 11 is 0. The molecule has 0 saturated heterocycles. The summed E-state index contributed by atoms with van der Waals surface area (Å²) in [7, 11) is 0. The average molecular weight is 361 g/mol. The van der Waals surface area contributed by atoms with E-state index in [1.54, 1.807) is 30.6 Å². The van der Waals surface area contributed by atoms with Gasteiger partial charge in [-0.15, -0.1) is 0 Å². The normalized spacial score (nSPS) is 12.1. The molecule has 136 valence electrons. The number of aromatic hydroxyl groups is 1. The molecule has 2 N–H and O–H groups in total. The number of rotatable bonds is 2. The van der Waals surface area contributed by atoms with Gasteiger partial charge in [-0.2, -0.15) is 5.26 Å². The van der Waals surface area contributed by atoms with Crippen LogP contribution in [0.1, 0.15) is 37.6 Å². The zero-order chi connectivity index (χ0) is 19.8. The number of phenolic OH excluding ortho intramolecular Hbond substituents is 1. The highest BCUT2D eigenvalue weighted by Gasteiger charge is 2.31. The third-order valence-electron chi connectivity index (χ3n) is 4.24. The Morgan fingerprint density at radius 2 is 2.04 bits per heavy atom. The van der Waals surface area contributed by atoms with Crippen molar-refractivity contribution < 1.29 is 15.0 Å². The van der Waals surface area contributed by atoms with Crippen LogP contribution in [0.15, 0.2) is 42.7 Å². The Morgan fingerprint density at radius 3 is 2.59 bits per heavy atom. The van der Waals surface area contributed by atoms with E-state index in [9.17, 15) is 20.3 Å². The van der Waals surface area contributed by atoms with Crippen LogP contribution in [0.2, 0.25) is 0 Å². The van der Waals surface area contributed by atoms with Crippen LogP contribution in [0.5, 0.6) is 5.75 Å². The molecule has 0 saturated carbocycles. The molecule has 0 fully saturated rings. The van der Waals surface area contributed by atoms with Gasteiger partial charge in [0.25, 0.3) is 0 Å². The molecule has 0 aliphatic heterocycles. The minimum atomic E-state index is -1.14. The van der Waals surface area contributed by atoms with Gasteiger partial charge >= 0.3 is 6.09 Å². The first kappa shape index (κ1) is 18.2. The highest BCUT2D eigenvalue weighted by Crippen LogP contribution is 2.40. The summed E-state index contributed by atoms with van der Waals surface area (Å²) in [5, 5.41) is 30.2. The van der Waals surface area contributed by atoms with Crippen molar-refractivity contribution in [1.29, 1.82) is 5.26 Å². The number of allylic oxidation sites excluding steroid dienone is 1. The number of fused-ring (bicyclic) bond motifs is 1. The van der Waals surface area contributed by atoms with Gasteiger partial charge < -0.3 is 10.2 Å². The lowest BCUT2D eigenvalue weighted by Crippen LogP contribution is -2.23. The largest absolute Gasteiger partial charge is 0.508 e. The van der Waals surface area contributed by atoms with Gasteiger partial charge in [-0.05, 0) is 35.9 Å². The number of nitrogens with zero attached hydrogens (tertiary/aromatic N) is 3. The predicted molar refractivity (Wildman–Crippen MR) is 103 cm³/mol. The van der Waals surface area contributed by atoms with E-state index < -0.39 is 11.5 Å². The molecule has 3 aromatic rings. The molecule has 6 nitrogen and oxygen atoms in total. The second kappa shape index (κ2) is 6.61. The van der Waals surface area contributed by atoms with Crippen molar-refractivity contribution in [3.8, 4) is 11.8 Å². The topological polar surface area (TPSA) is 99.1 Å². The first-order valence-electron chi connectivity index (χ1n) is 8.37. The van der Waals surface area contributed by atoms with E-state index in [4.69, 9.17) is 0 Å². The van der Waals surface area contributed by atoms with Crippen LogP contribution < -0.4 is 0 Å². The fourth-order valence-corrected chi connectivity index (χ4v) is 3.25. The molecule has 0 spiro atoms. The van der Waals surface area contributed by atoms with Crippen LogP contribution in [0.25, 0.3) is 22.6 Å². The maximum atomic E-state index is 12.0. The van der Waals surface area contributed by atoms with Crippen LogP contribution in [0.3, 0.4) is 0 Å². The van der Waals surface area contributed by atoms with Gasteiger partial charge in [0, 0.05) is 34.5 Å². The van der Waals surface area contributed by atoms with E-state index in [0.717, 1.165) is 5.56 Å². The number of benzene rings is 1. The van der Waals surface area contributed by atoms with Crippen molar-refractivity contribution >= 4 is 28.6 Å². The lowest BCUT2D eigenvalue weighted by atomic mass is 9.86. The number of hydrogen-bond acceptors (Lipinski definition) is 4. The Morgan fingerprint density at radius 1 is 1.30 bits per heavy atom. The molecule has 0 radical (unpaired) electrons. The van der Waals surface area contributed by atoms with Gasteiger partial charge in [0.05, 0.1) is 17.2 Å². The first-order chi connectivity index (χ1) is 12.7. The van der Waals surface area contributed by atoms with Crippen molar-refractivity contribution in [2.45, 2.75) is 26.2 Å². The predicted octanol–water partition coefficient (Wildman–Crippen LogP) is 4.63. The van der Waals surface area contributed by atoms with E-state index in [1.807, 2.05) is 26.8 Å². The zero-order valence-electron chi connectivity index (χ0n) is 15.3. The van der Waals surface area contributed by atoms with Crippen LogP contribution in [0.4, 0.5) is 4.79 Å². The number of carboxylic acid groups (broad SMARTS) is 1. The van der Waals surface area contributed by atoms with Crippen molar-refractivity contribution in [1.82, 2.24) is 9.55 Å². The van der Waals surface area contributed by atoms with Crippen molar-refractivity contribution in [3.05, 3.63) is 59.5 Å². The highest BCUT2D eigenvalue weighted by molar-refractivity contribution is 6.06. The van der Waals surface area contributed by atoms with Crippen molar-refractivity contribution in [3.63, 3.8) is 0 Å². The second-order valence-electron chi connectivity index (χ2n) is 7.25. The fourth-order valence-electron chi connectivity index (χ4n) is 3.25. The Hall–Kier alpha value is -3.59. The molecule has 0 aliphatic rings. The summed E-state index contributed by atoms with van der Waals surface area (Å²) in [5.74, 6) is 0.00501. The highest BCUT2D eigenvalue weighted by atomic mass is 16.4. The molecule has 3 rings (SSSR count). The lowest BCUT2D eigenvalue weighted by molar-refractivity contribution is 0.195. The maximum Gasteiger partial charge on any atom is 0.416 e. The van der Waals surface area contributed by atoms with Crippen molar-refractivity contribution in [2.24, 2.45) is 0 Å². The van der Waals surface area contributed by atoms with E-state index in [-0.39, 0.29) is 5.75 Å². The molecule has 0 bridgehead atoms. The molecular formula is C21H19N3O3. The molecule has 1 aromatic carbocycles. The van der Waals surface area contributed by atoms with Crippen molar-refractivity contribution in [2.75, 3.05) is 0 Å². The van der Waals surface area contributed by atoms with E-state index in [2.05, 4.69) is 11.1 Å². The third kappa shape index (κ3) is 3.27. The number of nitriles is 1.